The van der Waals surface area contributed by atoms with Gasteiger partial charge in [-0.25, -0.2) is 4.98 Å². The van der Waals surface area contributed by atoms with Gasteiger partial charge in [0.05, 0.1) is 6.04 Å². The van der Waals surface area contributed by atoms with Gasteiger partial charge in [-0.05, 0) is 13.3 Å². The highest BCUT2D eigenvalue weighted by Gasteiger charge is 2.13. The van der Waals surface area contributed by atoms with Crippen LogP contribution in [0, 0.1) is 0 Å². The number of nitrogens with one attached hydrogen (secondary N) is 1. The molecule has 0 aliphatic carbocycles. The van der Waals surface area contributed by atoms with Crippen LogP contribution in [0.15, 0.2) is 18.7 Å². The molecule has 0 aliphatic rings. The van der Waals surface area contributed by atoms with Gasteiger partial charge >= 0.3 is 0 Å². The van der Waals surface area contributed by atoms with Crippen LogP contribution in [0.2, 0.25) is 0 Å². The molecule has 0 aromatic carbocycles. The molecule has 2 aromatic rings. The minimum atomic E-state index is 0.0836. The van der Waals surface area contributed by atoms with Crippen LogP contribution >= 0.6 is 0 Å². The lowest BCUT2D eigenvalue weighted by Crippen LogP contribution is -2.15. The van der Waals surface area contributed by atoms with Gasteiger partial charge in [0, 0.05) is 26.0 Å². The first kappa shape index (κ1) is 12.6. The molecule has 0 aliphatic heterocycles. The van der Waals surface area contributed by atoms with E-state index in [1.54, 1.807) is 6.33 Å². The third kappa shape index (κ3) is 2.69. The average molecular weight is 248 g/mol. The minimum absolute atomic E-state index is 0.0836. The summed E-state index contributed by atoms with van der Waals surface area (Å²) in [5.41, 5.74) is 0. The van der Waals surface area contributed by atoms with Crippen molar-refractivity contribution in [3.05, 3.63) is 24.5 Å². The van der Waals surface area contributed by atoms with E-state index in [1.807, 2.05) is 24.0 Å². The summed E-state index contributed by atoms with van der Waals surface area (Å²) in [6, 6.07) is 0.0836. The number of aromatic nitrogens is 5. The van der Waals surface area contributed by atoms with E-state index < -0.39 is 0 Å². The Labute approximate surface area is 107 Å². The van der Waals surface area contributed by atoms with Crippen molar-refractivity contribution in [1.29, 1.82) is 0 Å². The molecule has 2 aromatic heterocycles. The summed E-state index contributed by atoms with van der Waals surface area (Å²) in [6.45, 7) is 5.24. The average Bonchev–Trinajstić information content (AvgIpc) is 2.95. The van der Waals surface area contributed by atoms with Gasteiger partial charge in [0.15, 0.2) is 5.82 Å². The summed E-state index contributed by atoms with van der Waals surface area (Å²) in [5.74, 6) is 1.79. The molecule has 0 amide bonds. The summed E-state index contributed by atoms with van der Waals surface area (Å²) in [5, 5.41) is 11.4. The van der Waals surface area contributed by atoms with Gasteiger partial charge < -0.3 is 14.5 Å². The molecule has 6 nitrogen and oxygen atoms in total. The fourth-order valence-electron chi connectivity index (χ4n) is 1.90. The number of anilines is 1. The molecule has 1 N–H and O–H groups in total. The molecule has 0 spiro atoms. The van der Waals surface area contributed by atoms with Crippen LogP contribution in [0.5, 0.6) is 0 Å². The zero-order chi connectivity index (χ0) is 13.0. The second kappa shape index (κ2) is 5.66. The highest BCUT2D eigenvalue weighted by molar-refractivity contribution is 5.28. The second-order valence-electron chi connectivity index (χ2n) is 4.46. The molecule has 98 valence electrons. The summed E-state index contributed by atoms with van der Waals surface area (Å²) >= 11 is 0. The van der Waals surface area contributed by atoms with Crippen molar-refractivity contribution in [3.8, 4) is 0 Å². The van der Waals surface area contributed by atoms with E-state index in [-0.39, 0.29) is 6.04 Å². The van der Waals surface area contributed by atoms with Crippen LogP contribution in [0.3, 0.4) is 0 Å². The molecule has 0 saturated heterocycles. The van der Waals surface area contributed by atoms with Gasteiger partial charge in [0.1, 0.15) is 6.33 Å². The van der Waals surface area contributed by atoms with E-state index in [9.17, 15) is 0 Å². The Bertz CT molecular complexity index is 486. The van der Waals surface area contributed by atoms with E-state index in [0.717, 1.165) is 24.7 Å². The van der Waals surface area contributed by atoms with E-state index in [0.29, 0.717) is 0 Å². The number of rotatable bonds is 6. The summed E-state index contributed by atoms with van der Waals surface area (Å²) in [6.07, 6.45) is 7.86. The van der Waals surface area contributed by atoms with Crippen molar-refractivity contribution in [2.45, 2.75) is 39.3 Å². The maximum atomic E-state index is 4.34. The number of nitrogens with zero attached hydrogens (tertiary/aromatic N) is 5. The van der Waals surface area contributed by atoms with Crippen LogP contribution in [0.4, 0.5) is 5.95 Å². The predicted octanol–water partition coefficient (Wildman–Crippen LogP) is 1.98. The van der Waals surface area contributed by atoms with E-state index >= 15 is 0 Å². The fraction of sp³-hybridized carbons (Fsp3) is 0.583. The zero-order valence-electron chi connectivity index (χ0n) is 11.2. The van der Waals surface area contributed by atoms with Gasteiger partial charge in [-0.1, -0.05) is 13.3 Å². The molecule has 0 radical (unpaired) electrons. The topological polar surface area (TPSA) is 60.6 Å². The van der Waals surface area contributed by atoms with Crippen LogP contribution < -0.4 is 5.32 Å². The Morgan fingerprint density at radius 3 is 2.94 bits per heavy atom. The Kier molecular flexibility index (Phi) is 3.96. The molecule has 2 rings (SSSR count). The van der Waals surface area contributed by atoms with Crippen molar-refractivity contribution < 1.29 is 0 Å². The summed E-state index contributed by atoms with van der Waals surface area (Å²) in [7, 11) is 1.94. The highest BCUT2D eigenvalue weighted by Crippen LogP contribution is 2.15. The van der Waals surface area contributed by atoms with Crippen LogP contribution in [-0.2, 0) is 13.6 Å². The number of hydrogen-bond acceptors (Lipinski definition) is 4. The first-order valence-electron chi connectivity index (χ1n) is 6.34. The molecule has 0 fully saturated rings. The van der Waals surface area contributed by atoms with Crippen LogP contribution in [0.25, 0.3) is 0 Å². The van der Waals surface area contributed by atoms with Crippen molar-refractivity contribution in [2.75, 3.05) is 5.32 Å². The highest BCUT2D eigenvalue weighted by atomic mass is 15.3. The quantitative estimate of drug-likeness (QED) is 0.849. The molecule has 0 saturated carbocycles. The lowest BCUT2D eigenvalue weighted by atomic mass is 10.3. The third-order valence-electron chi connectivity index (χ3n) is 2.95. The van der Waals surface area contributed by atoms with Crippen molar-refractivity contribution in [3.63, 3.8) is 0 Å². The molecular weight excluding hydrogens is 228 g/mol. The van der Waals surface area contributed by atoms with E-state index in [2.05, 4.69) is 38.9 Å². The predicted molar refractivity (Wildman–Crippen MR) is 70.2 cm³/mol. The normalized spacial score (nSPS) is 12.6. The molecule has 18 heavy (non-hydrogen) atoms. The standard InChI is InChI=1S/C12H20N6/c1-4-5-7-18-8-6-13-12(18)15-10(2)11-16-14-9-17(11)3/h6,8-10H,4-5,7H2,1-3H3,(H,13,15). The van der Waals surface area contributed by atoms with Crippen molar-refractivity contribution >= 4 is 5.95 Å². The van der Waals surface area contributed by atoms with Gasteiger partial charge in [-0.2, -0.15) is 0 Å². The SMILES string of the molecule is CCCCn1ccnc1NC(C)c1nncn1C. The van der Waals surface area contributed by atoms with Crippen LogP contribution in [0.1, 0.15) is 38.6 Å². The van der Waals surface area contributed by atoms with E-state index in [4.69, 9.17) is 0 Å². The summed E-state index contributed by atoms with van der Waals surface area (Å²) in [4.78, 5) is 4.34. The fourth-order valence-corrected chi connectivity index (χ4v) is 1.90. The van der Waals surface area contributed by atoms with E-state index in [1.165, 1.54) is 6.42 Å². The monoisotopic (exact) mass is 248 g/mol. The number of imidazole rings is 1. The second-order valence-corrected chi connectivity index (χ2v) is 4.46. The maximum absolute atomic E-state index is 4.34. The maximum Gasteiger partial charge on any atom is 0.203 e. The van der Waals surface area contributed by atoms with Gasteiger partial charge in [-0.3, -0.25) is 0 Å². The van der Waals surface area contributed by atoms with Gasteiger partial charge in [0.2, 0.25) is 5.95 Å². The van der Waals surface area contributed by atoms with Gasteiger partial charge in [0.25, 0.3) is 0 Å². The Hall–Kier alpha value is -1.85. The summed E-state index contributed by atoms with van der Waals surface area (Å²) < 4.78 is 4.05. The lowest BCUT2D eigenvalue weighted by Gasteiger charge is -2.15. The number of unbranched alkanes of at least 4 members (excludes halogenated alkanes) is 1. The lowest BCUT2D eigenvalue weighted by molar-refractivity contribution is 0.625. The minimum Gasteiger partial charge on any atom is -0.346 e. The first-order chi connectivity index (χ1) is 8.72. The largest absolute Gasteiger partial charge is 0.346 e. The Balaban J connectivity index is 2.05. The molecule has 6 heteroatoms. The number of aryl methyl sites for hydroxylation is 2. The molecule has 1 atom stereocenters. The third-order valence-corrected chi connectivity index (χ3v) is 2.95. The zero-order valence-corrected chi connectivity index (χ0v) is 11.2. The first-order valence-corrected chi connectivity index (χ1v) is 6.34. The molecule has 2 heterocycles. The molecule has 1 unspecified atom stereocenters. The smallest absolute Gasteiger partial charge is 0.203 e. The van der Waals surface area contributed by atoms with Crippen molar-refractivity contribution in [2.24, 2.45) is 7.05 Å². The number of hydrogen-bond donors (Lipinski definition) is 1. The van der Waals surface area contributed by atoms with Crippen molar-refractivity contribution in [1.82, 2.24) is 24.3 Å². The molecule has 0 bridgehead atoms. The molecular formula is C12H20N6. The Morgan fingerprint density at radius 1 is 1.44 bits per heavy atom. The van der Waals surface area contributed by atoms with Crippen LogP contribution in [-0.4, -0.2) is 24.3 Å². The Morgan fingerprint density at radius 2 is 2.28 bits per heavy atom. The van der Waals surface area contributed by atoms with Gasteiger partial charge in [-0.15, -0.1) is 10.2 Å².